The summed E-state index contributed by atoms with van der Waals surface area (Å²) in [7, 11) is 0. The topological polar surface area (TPSA) is 130 Å². The van der Waals surface area contributed by atoms with Gasteiger partial charge in [0.25, 0.3) is 0 Å². The molecule has 0 aliphatic heterocycles. The number of hydrogen-bond donors (Lipinski definition) is 3. The number of nitrogens with one attached hydrogen (secondary N) is 2. The van der Waals surface area contributed by atoms with Gasteiger partial charge in [0.2, 0.25) is 11.8 Å². The molecule has 8 heteroatoms. The summed E-state index contributed by atoms with van der Waals surface area (Å²) in [4.78, 5) is 60.3. The molecule has 0 aromatic heterocycles. The van der Waals surface area contributed by atoms with E-state index in [-0.39, 0.29) is 45.6 Å². The number of rotatable bonds is 5. The molecule has 0 spiro atoms. The highest BCUT2D eigenvalue weighted by Gasteiger charge is 2.33. The van der Waals surface area contributed by atoms with Gasteiger partial charge in [-0.05, 0) is 48.6 Å². The molecule has 0 saturated heterocycles. The van der Waals surface area contributed by atoms with Crippen molar-refractivity contribution in [2.45, 2.75) is 13.8 Å². The lowest BCUT2D eigenvalue weighted by Gasteiger charge is -2.04. The Bertz CT molecular complexity index is 1460. The summed E-state index contributed by atoms with van der Waals surface area (Å²) < 4.78 is 0. The minimum atomic E-state index is -0.442. The van der Waals surface area contributed by atoms with Gasteiger partial charge in [-0.15, -0.1) is 0 Å². The predicted octanol–water partition coefficient (Wildman–Crippen LogP) is 4.19. The maximum Gasteiger partial charge on any atom is 0.221 e. The van der Waals surface area contributed by atoms with E-state index in [1.807, 2.05) is 0 Å². The van der Waals surface area contributed by atoms with Crippen LogP contribution in [0.25, 0.3) is 5.76 Å². The molecule has 2 aliphatic carbocycles. The van der Waals surface area contributed by atoms with Crippen LogP contribution in [0.4, 0.5) is 11.4 Å². The van der Waals surface area contributed by atoms with Crippen molar-refractivity contribution in [3.8, 4) is 0 Å². The van der Waals surface area contributed by atoms with Crippen LogP contribution in [0.5, 0.6) is 0 Å². The van der Waals surface area contributed by atoms with Crippen LogP contribution < -0.4 is 10.6 Å². The highest BCUT2D eigenvalue weighted by molar-refractivity contribution is 6.39. The molecule has 4 rings (SSSR count). The van der Waals surface area contributed by atoms with Crippen LogP contribution in [0.3, 0.4) is 0 Å². The Hall–Kier alpha value is -4.85. The number of carbonyl (C=O) groups is 5. The molecule has 0 fully saturated rings. The largest absolute Gasteiger partial charge is 0.507 e. The molecule has 0 saturated carbocycles. The molecular formula is C27H20N2O6. The van der Waals surface area contributed by atoms with E-state index in [2.05, 4.69) is 10.6 Å². The predicted molar refractivity (Wildman–Crippen MR) is 130 cm³/mol. The van der Waals surface area contributed by atoms with E-state index in [4.69, 9.17) is 0 Å². The molecule has 2 aliphatic rings. The monoisotopic (exact) mass is 468 g/mol. The number of anilines is 2. The van der Waals surface area contributed by atoms with Gasteiger partial charge in [-0.25, -0.2) is 0 Å². The number of carbonyl (C=O) groups excluding carboxylic acids is 5. The van der Waals surface area contributed by atoms with Gasteiger partial charge in [-0.1, -0.05) is 18.2 Å². The van der Waals surface area contributed by atoms with Gasteiger partial charge in [0, 0.05) is 47.5 Å². The van der Waals surface area contributed by atoms with Crippen LogP contribution >= 0.6 is 0 Å². The van der Waals surface area contributed by atoms with Crippen LogP contribution in [0.1, 0.15) is 50.5 Å². The second-order valence-electron chi connectivity index (χ2n) is 7.96. The fourth-order valence-electron chi connectivity index (χ4n) is 3.90. The minimum absolute atomic E-state index is 0.0125. The summed E-state index contributed by atoms with van der Waals surface area (Å²) in [5.41, 5.74) is 2.10. The summed E-state index contributed by atoms with van der Waals surface area (Å²) in [5.74, 6) is -1.97. The molecule has 35 heavy (non-hydrogen) atoms. The van der Waals surface area contributed by atoms with E-state index in [0.717, 1.165) is 0 Å². The van der Waals surface area contributed by atoms with Crippen molar-refractivity contribution in [3.63, 3.8) is 0 Å². The standard InChI is InChI=1S/C27H20N2O6/c1-14(30)28-16-8-10-18-22(12-16)26(34)20(24(18)32)6-4-3-5-7-21-25(33)19-11-9-17(29-15(2)31)13-23(19)27(21)35/h3-13,34H,1-2H3,(H,28,30)(H,29,31). The van der Waals surface area contributed by atoms with Crippen molar-refractivity contribution >= 4 is 46.3 Å². The maximum absolute atomic E-state index is 12.7. The molecule has 174 valence electrons. The number of allylic oxidation sites excluding steroid dienone is 7. The van der Waals surface area contributed by atoms with Crippen molar-refractivity contribution < 1.29 is 29.1 Å². The third-order valence-corrected chi connectivity index (χ3v) is 5.41. The Balaban J connectivity index is 1.50. The number of Topliss-reactive ketones (excluding diaryl/α,β-unsaturated/α-hetero) is 3. The fraction of sp³-hybridized carbons (Fsp3) is 0.0741. The van der Waals surface area contributed by atoms with E-state index in [1.54, 1.807) is 12.1 Å². The first-order chi connectivity index (χ1) is 16.7. The van der Waals surface area contributed by atoms with Crippen LogP contribution in [0.15, 0.2) is 77.9 Å². The minimum Gasteiger partial charge on any atom is -0.507 e. The number of ketones is 3. The van der Waals surface area contributed by atoms with E-state index < -0.39 is 11.6 Å². The molecule has 0 radical (unpaired) electrons. The number of aliphatic hydroxyl groups is 1. The number of fused-ring (bicyclic) bond motifs is 2. The smallest absolute Gasteiger partial charge is 0.221 e. The van der Waals surface area contributed by atoms with E-state index in [9.17, 15) is 29.1 Å². The normalized spacial score (nSPS) is 15.9. The van der Waals surface area contributed by atoms with Crippen LogP contribution in [-0.4, -0.2) is 34.3 Å². The summed E-state index contributed by atoms with van der Waals surface area (Å²) in [6.45, 7) is 2.71. The highest BCUT2D eigenvalue weighted by atomic mass is 16.3. The fourth-order valence-corrected chi connectivity index (χ4v) is 3.90. The number of hydrogen-bond acceptors (Lipinski definition) is 6. The van der Waals surface area contributed by atoms with Crippen LogP contribution in [-0.2, 0) is 9.59 Å². The third-order valence-electron chi connectivity index (χ3n) is 5.41. The highest BCUT2D eigenvalue weighted by Crippen LogP contribution is 2.34. The lowest BCUT2D eigenvalue weighted by atomic mass is 10.1. The lowest BCUT2D eigenvalue weighted by molar-refractivity contribution is -0.115. The zero-order valence-corrected chi connectivity index (χ0v) is 18.8. The quantitative estimate of drug-likeness (QED) is 0.343. The van der Waals surface area contributed by atoms with E-state index >= 15 is 0 Å². The van der Waals surface area contributed by atoms with Crippen molar-refractivity contribution in [2.24, 2.45) is 0 Å². The Morgan fingerprint density at radius 2 is 1.26 bits per heavy atom. The third kappa shape index (κ3) is 4.49. The Morgan fingerprint density at radius 1 is 0.714 bits per heavy atom. The summed E-state index contributed by atoms with van der Waals surface area (Å²) >= 11 is 0. The van der Waals surface area contributed by atoms with Gasteiger partial charge in [0.15, 0.2) is 17.3 Å². The SMILES string of the molecule is CC(=O)Nc1ccc2c(c1)C(=O)C(=CC=CC=CC1=C(O)c3cc(NC(C)=O)ccc3C1=O)C2=O. The zero-order chi connectivity index (χ0) is 25.3. The average molecular weight is 468 g/mol. The second kappa shape index (κ2) is 9.18. The van der Waals surface area contributed by atoms with E-state index in [1.165, 1.54) is 68.5 Å². The second-order valence-corrected chi connectivity index (χ2v) is 7.96. The van der Waals surface area contributed by atoms with Crippen molar-refractivity contribution in [1.82, 2.24) is 0 Å². The molecule has 0 bridgehead atoms. The molecule has 2 aromatic rings. The average Bonchev–Trinajstić information content (AvgIpc) is 3.17. The molecule has 0 heterocycles. The molecule has 2 aromatic carbocycles. The summed E-state index contributed by atoms with van der Waals surface area (Å²) in [5, 5.41) is 15.7. The van der Waals surface area contributed by atoms with Gasteiger partial charge in [-0.3, -0.25) is 24.0 Å². The number of aliphatic hydroxyl groups excluding tert-OH is 1. The van der Waals surface area contributed by atoms with Gasteiger partial charge in [0.05, 0.1) is 11.1 Å². The first-order valence-corrected chi connectivity index (χ1v) is 10.6. The zero-order valence-electron chi connectivity index (χ0n) is 18.8. The first kappa shape index (κ1) is 23.3. The van der Waals surface area contributed by atoms with Gasteiger partial charge < -0.3 is 15.7 Å². The first-order valence-electron chi connectivity index (χ1n) is 10.6. The lowest BCUT2D eigenvalue weighted by Crippen LogP contribution is -2.06. The molecule has 0 atom stereocenters. The molecule has 2 amide bonds. The van der Waals surface area contributed by atoms with Crippen molar-refractivity contribution in [1.29, 1.82) is 0 Å². The maximum atomic E-state index is 12.7. The van der Waals surface area contributed by atoms with Crippen molar-refractivity contribution in [2.75, 3.05) is 10.6 Å². The molecule has 8 nitrogen and oxygen atoms in total. The Labute approximate surface area is 200 Å². The van der Waals surface area contributed by atoms with Gasteiger partial charge in [0.1, 0.15) is 5.76 Å². The summed E-state index contributed by atoms with van der Waals surface area (Å²) in [6.07, 6.45) is 7.33. The van der Waals surface area contributed by atoms with Crippen molar-refractivity contribution in [3.05, 3.63) is 100 Å². The van der Waals surface area contributed by atoms with E-state index in [0.29, 0.717) is 22.5 Å². The molecule has 3 N–H and O–H groups in total. The van der Waals surface area contributed by atoms with Gasteiger partial charge in [-0.2, -0.15) is 0 Å². The molecule has 0 unspecified atom stereocenters. The van der Waals surface area contributed by atoms with Crippen LogP contribution in [0.2, 0.25) is 0 Å². The Morgan fingerprint density at radius 3 is 1.86 bits per heavy atom. The van der Waals surface area contributed by atoms with Gasteiger partial charge >= 0.3 is 0 Å². The van der Waals surface area contributed by atoms with Crippen LogP contribution in [0, 0.1) is 0 Å². The Kier molecular flexibility index (Phi) is 6.12. The molecular weight excluding hydrogens is 448 g/mol. The summed E-state index contributed by atoms with van der Waals surface area (Å²) in [6, 6.07) is 9.17. The number of benzene rings is 2. The number of amides is 2.